The van der Waals surface area contributed by atoms with E-state index in [1.54, 1.807) is 23.5 Å². The maximum absolute atomic E-state index is 13.3. The van der Waals surface area contributed by atoms with E-state index in [4.69, 9.17) is 4.74 Å². The Hall–Kier alpha value is -1.42. The summed E-state index contributed by atoms with van der Waals surface area (Å²) in [6.07, 6.45) is 2.49. The van der Waals surface area contributed by atoms with Gasteiger partial charge in [-0.1, -0.05) is 0 Å². The molecule has 0 unspecified atom stereocenters. The average Bonchev–Trinajstić information content (AvgIpc) is 3.08. The molecule has 17 heavy (non-hydrogen) atoms. The number of ether oxygens (including phenoxy) is 1. The highest BCUT2D eigenvalue weighted by Crippen LogP contribution is 2.41. The molecule has 1 fully saturated rings. The molecule has 2 nitrogen and oxygen atoms in total. The Morgan fingerprint density at radius 1 is 1.41 bits per heavy atom. The number of hydrogen-bond acceptors (Lipinski definition) is 3. The first kappa shape index (κ1) is 10.7. The molecule has 0 saturated heterocycles. The van der Waals surface area contributed by atoms with Gasteiger partial charge in [-0.3, -0.25) is 0 Å². The van der Waals surface area contributed by atoms with E-state index in [0.717, 1.165) is 10.6 Å². The van der Waals surface area contributed by atoms with Crippen molar-refractivity contribution in [2.24, 2.45) is 0 Å². The number of hydrogen-bond donors (Lipinski definition) is 0. The highest BCUT2D eigenvalue weighted by molar-refractivity contribution is 7.13. The monoisotopic (exact) mass is 249 g/mol. The van der Waals surface area contributed by atoms with E-state index >= 15 is 0 Å². The van der Waals surface area contributed by atoms with Crippen molar-refractivity contribution in [3.05, 3.63) is 35.1 Å². The summed E-state index contributed by atoms with van der Waals surface area (Å²) in [5.41, 5.74) is 2.09. The second-order valence-corrected chi connectivity index (χ2v) is 5.06. The van der Waals surface area contributed by atoms with Gasteiger partial charge in [0.05, 0.1) is 12.8 Å². The number of nitrogens with zero attached hydrogens (tertiary/aromatic N) is 1. The number of rotatable bonds is 3. The lowest BCUT2D eigenvalue weighted by atomic mass is 10.2. The molecule has 1 heterocycles. The van der Waals surface area contributed by atoms with Crippen molar-refractivity contribution in [1.82, 2.24) is 4.98 Å². The summed E-state index contributed by atoms with van der Waals surface area (Å²) in [5.74, 6) is 0.586. The predicted molar refractivity (Wildman–Crippen MR) is 66.0 cm³/mol. The number of halogens is 1. The van der Waals surface area contributed by atoms with Crippen LogP contribution >= 0.6 is 11.3 Å². The van der Waals surface area contributed by atoms with E-state index in [-0.39, 0.29) is 11.6 Å². The van der Waals surface area contributed by atoms with Crippen LogP contribution < -0.4 is 4.74 Å². The number of benzene rings is 1. The van der Waals surface area contributed by atoms with Gasteiger partial charge in [0.2, 0.25) is 0 Å². The minimum Gasteiger partial charge on any atom is -0.494 e. The maximum Gasteiger partial charge on any atom is 0.165 e. The second-order valence-electron chi connectivity index (χ2n) is 4.20. The largest absolute Gasteiger partial charge is 0.494 e. The first-order chi connectivity index (χ1) is 8.28. The Morgan fingerprint density at radius 2 is 2.24 bits per heavy atom. The molecule has 1 aromatic heterocycles. The molecule has 1 aliphatic carbocycles. The summed E-state index contributed by atoms with van der Waals surface area (Å²) in [4.78, 5) is 4.59. The number of methoxy groups -OCH3 is 1. The smallest absolute Gasteiger partial charge is 0.165 e. The van der Waals surface area contributed by atoms with E-state index in [2.05, 4.69) is 10.4 Å². The fourth-order valence-electron chi connectivity index (χ4n) is 1.78. The van der Waals surface area contributed by atoms with Crippen LogP contribution in [0.15, 0.2) is 23.6 Å². The Balaban J connectivity index is 1.96. The van der Waals surface area contributed by atoms with Gasteiger partial charge in [-0.05, 0) is 31.0 Å². The van der Waals surface area contributed by atoms with Crippen molar-refractivity contribution >= 4 is 11.3 Å². The fourth-order valence-corrected chi connectivity index (χ4v) is 2.68. The van der Waals surface area contributed by atoms with Crippen LogP contribution in [0.5, 0.6) is 5.75 Å². The lowest BCUT2D eigenvalue weighted by molar-refractivity contribution is 0.387. The van der Waals surface area contributed by atoms with Crippen LogP contribution in [0.25, 0.3) is 10.6 Å². The van der Waals surface area contributed by atoms with Crippen LogP contribution in [0.4, 0.5) is 4.39 Å². The van der Waals surface area contributed by atoms with Crippen LogP contribution in [-0.2, 0) is 0 Å². The first-order valence-electron chi connectivity index (χ1n) is 5.57. The molecule has 0 radical (unpaired) electrons. The summed E-state index contributed by atoms with van der Waals surface area (Å²) in [5, 5.41) is 3.04. The molecule has 0 amide bonds. The molecule has 4 heteroatoms. The van der Waals surface area contributed by atoms with E-state index < -0.39 is 0 Å². The Kier molecular flexibility index (Phi) is 2.59. The summed E-state index contributed by atoms with van der Waals surface area (Å²) in [7, 11) is 1.47. The fraction of sp³-hybridized carbons (Fsp3) is 0.308. The van der Waals surface area contributed by atoms with Crippen LogP contribution in [0, 0.1) is 5.82 Å². The molecule has 3 rings (SSSR count). The van der Waals surface area contributed by atoms with Gasteiger partial charge in [-0.2, -0.15) is 0 Å². The van der Waals surface area contributed by atoms with Crippen molar-refractivity contribution in [3.8, 4) is 16.3 Å². The maximum atomic E-state index is 13.3. The van der Waals surface area contributed by atoms with Gasteiger partial charge in [-0.25, -0.2) is 9.37 Å². The van der Waals surface area contributed by atoms with Gasteiger partial charge in [0, 0.05) is 16.9 Å². The van der Waals surface area contributed by atoms with Crippen molar-refractivity contribution in [2.75, 3.05) is 7.11 Å². The minimum atomic E-state index is -0.338. The summed E-state index contributed by atoms with van der Waals surface area (Å²) >= 11 is 1.61. The third kappa shape index (κ3) is 2.05. The van der Waals surface area contributed by atoms with Crippen LogP contribution in [-0.4, -0.2) is 12.1 Å². The van der Waals surface area contributed by atoms with E-state index in [9.17, 15) is 4.39 Å². The van der Waals surface area contributed by atoms with Crippen LogP contribution in [0.2, 0.25) is 0 Å². The van der Waals surface area contributed by atoms with Gasteiger partial charge in [0.15, 0.2) is 11.6 Å². The molecule has 0 N–H and O–H groups in total. The molecule has 0 atom stereocenters. The topological polar surface area (TPSA) is 22.1 Å². The van der Waals surface area contributed by atoms with Gasteiger partial charge in [0.1, 0.15) is 5.01 Å². The van der Waals surface area contributed by atoms with E-state index in [1.807, 2.05) is 0 Å². The molecule has 1 aromatic carbocycles. The summed E-state index contributed by atoms with van der Waals surface area (Å²) in [6, 6.07) is 4.87. The minimum absolute atomic E-state index is 0.269. The summed E-state index contributed by atoms with van der Waals surface area (Å²) in [6.45, 7) is 0. The highest BCUT2D eigenvalue weighted by Gasteiger charge is 2.26. The van der Waals surface area contributed by atoms with E-state index in [1.165, 1.54) is 31.7 Å². The zero-order valence-electron chi connectivity index (χ0n) is 9.44. The SMILES string of the molecule is COc1cc(-c2nc(C3CC3)cs2)ccc1F. The average molecular weight is 249 g/mol. The van der Waals surface area contributed by atoms with Crippen molar-refractivity contribution in [1.29, 1.82) is 0 Å². The molecule has 2 aromatic rings. The van der Waals surface area contributed by atoms with Gasteiger partial charge >= 0.3 is 0 Å². The molecule has 0 aliphatic heterocycles. The molecule has 1 aliphatic rings. The Morgan fingerprint density at radius 3 is 2.94 bits per heavy atom. The molecule has 88 valence electrons. The lowest BCUT2D eigenvalue weighted by Gasteiger charge is -2.03. The van der Waals surface area contributed by atoms with Crippen LogP contribution in [0.1, 0.15) is 24.5 Å². The van der Waals surface area contributed by atoms with Crippen molar-refractivity contribution in [2.45, 2.75) is 18.8 Å². The van der Waals surface area contributed by atoms with E-state index in [0.29, 0.717) is 5.92 Å². The zero-order valence-corrected chi connectivity index (χ0v) is 10.3. The Labute approximate surface area is 103 Å². The molecule has 0 spiro atoms. The van der Waals surface area contributed by atoms with Crippen LogP contribution in [0.3, 0.4) is 0 Å². The van der Waals surface area contributed by atoms with Crippen molar-refractivity contribution in [3.63, 3.8) is 0 Å². The molecular formula is C13H12FNOS. The quantitative estimate of drug-likeness (QED) is 0.824. The Bertz CT molecular complexity index is 548. The first-order valence-corrected chi connectivity index (χ1v) is 6.45. The third-order valence-corrected chi connectivity index (χ3v) is 3.83. The van der Waals surface area contributed by atoms with Gasteiger partial charge < -0.3 is 4.74 Å². The summed E-state index contributed by atoms with van der Waals surface area (Å²) < 4.78 is 18.3. The highest BCUT2D eigenvalue weighted by atomic mass is 32.1. The molecular weight excluding hydrogens is 237 g/mol. The predicted octanol–water partition coefficient (Wildman–Crippen LogP) is 3.84. The number of aromatic nitrogens is 1. The third-order valence-electron chi connectivity index (χ3n) is 2.92. The number of thiazole rings is 1. The zero-order chi connectivity index (χ0) is 11.8. The normalized spacial score (nSPS) is 14.9. The molecule has 0 bridgehead atoms. The standard InChI is InChI=1S/C13H12FNOS/c1-16-12-6-9(4-5-10(12)14)13-15-11(7-17-13)8-2-3-8/h4-8H,2-3H2,1H3. The van der Waals surface area contributed by atoms with Crippen molar-refractivity contribution < 1.29 is 9.13 Å². The van der Waals surface area contributed by atoms with Gasteiger partial charge in [-0.15, -0.1) is 11.3 Å². The van der Waals surface area contributed by atoms with Gasteiger partial charge in [0.25, 0.3) is 0 Å². The molecule has 1 saturated carbocycles. The lowest BCUT2D eigenvalue weighted by Crippen LogP contribution is -1.88. The second kappa shape index (κ2) is 4.11.